The normalized spacial score (nSPS) is 25.5. The molecule has 2 atom stereocenters. The predicted octanol–water partition coefficient (Wildman–Crippen LogP) is 2.57. The van der Waals surface area contributed by atoms with Crippen LogP contribution in [0.5, 0.6) is 5.75 Å². The summed E-state index contributed by atoms with van der Waals surface area (Å²) in [7, 11) is 0. The Bertz CT molecular complexity index is 1120. The first kappa shape index (κ1) is 18.8. The summed E-state index contributed by atoms with van der Waals surface area (Å²) in [5, 5.41) is 4.39. The van der Waals surface area contributed by atoms with Crippen LogP contribution in [-0.2, 0) is 10.9 Å². The molecule has 5 heterocycles. The Hall–Kier alpha value is -2.95. The van der Waals surface area contributed by atoms with Crippen LogP contribution in [0, 0.1) is 17.8 Å². The van der Waals surface area contributed by atoms with Gasteiger partial charge in [-0.1, -0.05) is 0 Å². The van der Waals surface area contributed by atoms with Gasteiger partial charge < -0.3 is 14.4 Å². The van der Waals surface area contributed by atoms with Gasteiger partial charge in [0.25, 0.3) is 0 Å². The average Bonchev–Trinajstić information content (AvgIpc) is 3.05. The zero-order valence-corrected chi connectivity index (χ0v) is 16.4. The van der Waals surface area contributed by atoms with Gasteiger partial charge in [0.1, 0.15) is 23.1 Å². The number of anilines is 1. The summed E-state index contributed by atoms with van der Waals surface area (Å²) in [6.07, 6.45) is 0.0729. The van der Waals surface area contributed by atoms with Crippen LogP contribution in [0.2, 0.25) is 0 Å². The summed E-state index contributed by atoms with van der Waals surface area (Å²) >= 11 is 0. The van der Waals surface area contributed by atoms with E-state index in [1.165, 1.54) is 12.1 Å². The first-order valence-electron chi connectivity index (χ1n) is 10.2. The fourth-order valence-electron chi connectivity index (χ4n) is 4.58. The number of nitrogens with zero attached hydrogens (tertiary/aromatic N) is 6. The van der Waals surface area contributed by atoms with Crippen LogP contribution in [0.25, 0.3) is 11.2 Å². The zero-order chi connectivity index (χ0) is 21.2. The van der Waals surface area contributed by atoms with Gasteiger partial charge in [-0.2, -0.15) is 18.3 Å². The van der Waals surface area contributed by atoms with Gasteiger partial charge >= 0.3 is 6.18 Å². The Morgan fingerprint density at radius 3 is 2.65 bits per heavy atom. The summed E-state index contributed by atoms with van der Waals surface area (Å²) in [6, 6.07) is 2.97. The molecule has 3 aromatic heterocycles. The lowest BCUT2D eigenvalue weighted by molar-refractivity contribution is -0.142. The monoisotopic (exact) mass is 432 g/mol. The van der Waals surface area contributed by atoms with Gasteiger partial charge in [0.15, 0.2) is 11.3 Å². The molecule has 2 saturated heterocycles. The molecule has 11 heteroatoms. The largest absolute Gasteiger partial charge is 0.491 e. The Labute approximate surface area is 175 Å². The van der Waals surface area contributed by atoms with Crippen molar-refractivity contribution in [3.8, 4) is 5.75 Å². The molecule has 6 rings (SSSR count). The van der Waals surface area contributed by atoms with E-state index in [9.17, 15) is 13.2 Å². The van der Waals surface area contributed by atoms with E-state index in [0.29, 0.717) is 25.0 Å². The van der Waals surface area contributed by atoms with E-state index in [4.69, 9.17) is 14.5 Å². The SMILES string of the molecule is FC(F)(F)c1ncccc1OCC1C2CN(c3cnc4cnn(C5COC5)c4n3)CC12. The summed E-state index contributed by atoms with van der Waals surface area (Å²) in [6.45, 7) is 3.10. The maximum Gasteiger partial charge on any atom is 0.437 e. The number of halogens is 3. The van der Waals surface area contributed by atoms with Crippen molar-refractivity contribution in [1.29, 1.82) is 0 Å². The summed E-state index contributed by atoms with van der Waals surface area (Å²) in [4.78, 5) is 14.9. The van der Waals surface area contributed by atoms with Gasteiger partial charge in [-0.3, -0.25) is 0 Å². The van der Waals surface area contributed by atoms with Crippen LogP contribution in [-0.4, -0.2) is 57.6 Å². The number of rotatable bonds is 5. The van der Waals surface area contributed by atoms with Crippen LogP contribution in [0.15, 0.2) is 30.7 Å². The van der Waals surface area contributed by atoms with Gasteiger partial charge in [0.2, 0.25) is 0 Å². The molecule has 8 nitrogen and oxygen atoms in total. The number of pyridine rings is 1. The Kier molecular flexibility index (Phi) is 4.11. The van der Waals surface area contributed by atoms with E-state index in [0.717, 1.165) is 36.3 Å². The predicted molar refractivity (Wildman–Crippen MR) is 103 cm³/mol. The van der Waals surface area contributed by atoms with Crippen molar-refractivity contribution < 1.29 is 22.6 Å². The average molecular weight is 432 g/mol. The molecule has 1 saturated carbocycles. The first-order valence-corrected chi connectivity index (χ1v) is 10.2. The maximum absolute atomic E-state index is 13.1. The van der Waals surface area contributed by atoms with Gasteiger partial charge in [0, 0.05) is 25.2 Å². The van der Waals surface area contributed by atoms with E-state index < -0.39 is 11.9 Å². The molecule has 3 aliphatic rings. The number of piperidine rings is 1. The quantitative estimate of drug-likeness (QED) is 0.613. The number of hydrogen-bond donors (Lipinski definition) is 0. The molecule has 3 aromatic rings. The molecule has 2 unspecified atom stereocenters. The van der Waals surface area contributed by atoms with Crippen molar-refractivity contribution in [2.75, 3.05) is 37.8 Å². The topological polar surface area (TPSA) is 78.2 Å². The first-order chi connectivity index (χ1) is 15.0. The lowest BCUT2D eigenvalue weighted by Gasteiger charge is -2.26. The smallest absolute Gasteiger partial charge is 0.437 e. The fourth-order valence-corrected chi connectivity index (χ4v) is 4.58. The fraction of sp³-hybridized carbons (Fsp3) is 0.500. The number of hydrogen-bond acceptors (Lipinski definition) is 7. The standard InChI is InChI=1S/C20H19F3N6O2/c21-20(22,23)18-16(2-1-3-24-18)31-10-14-12-6-28(7-13(12)14)17-5-25-15-4-26-29(19(15)27-17)11-8-30-9-11/h1-5,11-14H,6-10H2. The lowest BCUT2D eigenvalue weighted by Crippen LogP contribution is -2.31. The lowest BCUT2D eigenvalue weighted by atomic mass is 10.2. The summed E-state index contributed by atoms with van der Waals surface area (Å²) < 4.78 is 51.9. The minimum Gasteiger partial charge on any atom is -0.491 e. The van der Waals surface area contributed by atoms with Crippen LogP contribution in [0.1, 0.15) is 11.7 Å². The number of alkyl halides is 3. The van der Waals surface area contributed by atoms with Gasteiger partial charge in [-0.15, -0.1) is 0 Å². The summed E-state index contributed by atoms with van der Waals surface area (Å²) in [5.41, 5.74) is 0.533. The highest BCUT2D eigenvalue weighted by Crippen LogP contribution is 2.52. The Balaban J connectivity index is 1.11. The van der Waals surface area contributed by atoms with E-state index >= 15 is 0 Å². The van der Waals surface area contributed by atoms with Crippen molar-refractivity contribution in [2.45, 2.75) is 12.2 Å². The molecule has 3 fully saturated rings. The number of fused-ring (bicyclic) bond motifs is 2. The molecular weight excluding hydrogens is 413 g/mol. The van der Waals surface area contributed by atoms with Crippen molar-refractivity contribution in [2.24, 2.45) is 17.8 Å². The van der Waals surface area contributed by atoms with E-state index in [1.54, 1.807) is 12.4 Å². The van der Waals surface area contributed by atoms with Gasteiger partial charge in [-0.25, -0.2) is 19.6 Å². The molecule has 2 aliphatic heterocycles. The van der Waals surface area contributed by atoms with E-state index in [2.05, 4.69) is 20.0 Å². The van der Waals surface area contributed by atoms with Gasteiger partial charge in [-0.05, 0) is 24.0 Å². The molecule has 31 heavy (non-hydrogen) atoms. The Morgan fingerprint density at radius 1 is 1.13 bits per heavy atom. The number of ether oxygens (including phenoxy) is 2. The third kappa shape index (κ3) is 3.18. The zero-order valence-electron chi connectivity index (χ0n) is 16.4. The van der Waals surface area contributed by atoms with Crippen molar-refractivity contribution >= 4 is 17.0 Å². The molecule has 1 aliphatic carbocycles. The molecular formula is C20H19F3N6O2. The van der Waals surface area contributed by atoms with Crippen LogP contribution < -0.4 is 9.64 Å². The van der Waals surface area contributed by atoms with Crippen molar-refractivity contribution in [3.05, 3.63) is 36.4 Å². The molecule has 0 bridgehead atoms. The van der Waals surface area contributed by atoms with Crippen LogP contribution in [0.3, 0.4) is 0 Å². The summed E-state index contributed by atoms with van der Waals surface area (Å²) in [5.74, 6) is 1.60. The second-order valence-electron chi connectivity index (χ2n) is 8.27. The molecule has 0 amide bonds. The molecule has 0 aromatic carbocycles. The molecule has 162 valence electrons. The molecule has 0 spiro atoms. The maximum atomic E-state index is 13.1. The van der Waals surface area contributed by atoms with E-state index in [1.807, 2.05) is 4.68 Å². The second-order valence-corrected chi connectivity index (χ2v) is 8.27. The third-order valence-electron chi connectivity index (χ3n) is 6.42. The minimum absolute atomic E-state index is 0.199. The highest BCUT2D eigenvalue weighted by Gasteiger charge is 2.56. The third-order valence-corrected chi connectivity index (χ3v) is 6.42. The molecule has 0 radical (unpaired) electrons. The number of aromatic nitrogens is 5. The highest BCUT2D eigenvalue weighted by molar-refractivity contribution is 5.71. The van der Waals surface area contributed by atoms with Crippen LogP contribution in [0.4, 0.5) is 19.0 Å². The highest BCUT2D eigenvalue weighted by atomic mass is 19.4. The minimum atomic E-state index is -4.53. The van der Waals surface area contributed by atoms with Crippen molar-refractivity contribution in [3.63, 3.8) is 0 Å². The second kappa shape index (κ2) is 6.78. The Morgan fingerprint density at radius 2 is 1.94 bits per heavy atom. The van der Waals surface area contributed by atoms with Gasteiger partial charge in [0.05, 0.1) is 32.2 Å². The van der Waals surface area contributed by atoms with E-state index in [-0.39, 0.29) is 24.3 Å². The van der Waals surface area contributed by atoms with Crippen LogP contribution >= 0.6 is 0 Å². The van der Waals surface area contributed by atoms with Crippen molar-refractivity contribution in [1.82, 2.24) is 24.7 Å². The molecule has 0 N–H and O–H groups in total.